The molecule has 1 fully saturated rings. The number of halogens is 1. The lowest BCUT2D eigenvalue weighted by molar-refractivity contribution is -0.148. The minimum absolute atomic E-state index is 0.154. The Balaban J connectivity index is 2.11. The first-order valence-electron chi connectivity index (χ1n) is 6.43. The van der Waals surface area contributed by atoms with Gasteiger partial charge >= 0.3 is 11.9 Å². The lowest BCUT2D eigenvalue weighted by atomic mass is 10.0. The van der Waals surface area contributed by atoms with Gasteiger partial charge in [-0.05, 0) is 17.7 Å². The molecule has 21 heavy (non-hydrogen) atoms. The van der Waals surface area contributed by atoms with Gasteiger partial charge in [-0.25, -0.2) is 4.39 Å². The number of ether oxygens (including phenoxy) is 1. The highest BCUT2D eigenvalue weighted by atomic mass is 19.1. The van der Waals surface area contributed by atoms with Crippen LogP contribution in [-0.4, -0.2) is 29.1 Å². The number of rotatable bonds is 5. The average Bonchev–Trinajstić information content (AvgIpc) is 2.84. The lowest BCUT2D eigenvalue weighted by Gasteiger charge is -2.19. The van der Waals surface area contributed by atoms with Crippen LogP contribution in [0.5, 0.6) is 0 Å². The molecule has 1 aliphatic rings. The fraction of sp³-hybridized carbons (Fsp3) is 0.357. The Morgan fingerprint density at radius 3 is 2.81 bits per heavy atom. The smallest absolute Gasteiger partial charge is 0.306 e. The van der Waals surface area contributed by atoms with Gasteiger partial charge < -0.3 is 15.2 Å². The van der Waals surface area contributed by atoms with E-state index in [2.05, 4.69) is 5.32 Å². The van der Waals surface area contributed by atoms with Crippen molar-refractivity contribution in [1.82, 2.24) is 5.32 Å². The summed E-state index contributed by atoms with van der Waals surface area (Å²) in [5.41, 5.74) is 0.343. The van der Waals surface area contributed by atoms with Crippen molar-refractivity contribution >= 4 is 17.8 Å². The third-order valence-corrected chi connectivity index (χ3v) is 3.12. The van der Waals surface area contributed by atoms with Gasteiger partial charge in [0.25, 0.3) is 5.91 Å². The number of carboxylic acid groups (broad SMARTS) is 1. The molecule has 1 aliphatic heterocycles. The number of carbonyl (C=O) groups is 3. The van der Waals surface area contributed by atoms with Crippen molar-refractivity contribution < 1.29 is 28.6 Å². The normalized spacial score (nSPS) is 18.9. The van der Waals surface area contributed by atoms with E-state index in [1.54, 1.807) is 0 Å². The highest BCUT2D eigenvalue weighted by molar-refractivity contribution is 5.87. The fourth-order valence-electron chi connectivity index (χ4n) is 2.12. The topological polar surface area (TPSA) is 92.7 Å². The number of benzene rings is 1. The Morgan fingerprint density at radius 1 is 1.48 bits per heavy atom. The summed E-state index contributed by atoms with van der Waals surface area (Å²) in [6, 6.07) is 4.46. The molecule has 2 atom stereocenters. The van der Waals surface area contributed by atoms with E-state index >= 15 is 0 Å². The van der Waals surface area contributed by atoms with E-state index in [-0.39, 0.29) is 12.8 Å². The van der Waals surface area contributed by atoms with Gasteiger partial charge in [-0.2, -0.15) is 0 Å². The first kappa shape index (κ1) is 15.0. The minimum atomic E-state index is -1.13. The van der Waals surface area contributed by atoms with Crippen LogP contribution in [0.1, 0.15) is 30.9 Å². The molecule has 6 nitrogen and oxygen atoms in total. The van der Waals surface area contributed by atoms with Crippen LogP contribution in [0.25, 0.3) is 0 Å². The number of esters is 1. The van der Waals surface area contributed by atoms with Crippen LogP contribution in [-0.2, 0) is 19.1 Å². The Morgan fingerprint density at radius 2 is 2.24 bits per heavy atom. The molecule has 1 saturated heterocycles. The first-order valence-corrected chi connectivity index (χ1v) is 6.43. The number of carboxylic acids is 1. The zero-order valence-electron chi connectivity index (χ0n) is 11.0. The number of cyclic esters (lactones) is 1. The number of aliphatic carboxylic acids is 1. The second-order valence-corrected chi connectivity index (χ2v) is 4.73. The van der Waals surface area contributed by atoms with Crippen molar-refractivity contribution in [2.75, 3.05) is 0 Å². The summed E-state index contributed by atoms with van der Waals surface area (Å²) in [5.74, 6) is -2.69. The molecular weight excluding hydrogens is 281 g/mol. The zero-order valence-corrected chi connectivity index (χ0v) is 11.0. The number of hydrogen-bond acceptors (Lipinski definition) is 4. The van der Waals surface area contributed by atoms with Crippen LogP contribution in [0.15, 0.2) is 24.3 Å². The monoisotopic (exact) mass is 295 g/mol. The first-order chi connectivity index (χ1) is 9.95. The van der Waals surface area contributed by atoms with E-state index < -0.39 is 42.2 Å². The molecule has 1 aromatic rings. The van der Waals surface area contributed by atoms with E-state index in [1.807, 2.05) is 0 Å². The van der Waals surface area contributed by atoms with Gasteiger partial charge in [-0.15, -0.1) is 0 Å². The molecule has 2 rings (SSSR count). The number of carbonyl (C=O) groups excluding carboxylic acids is 2. The zero-order chi connectivity index (χ0) is 15.4. The van der Waals surface area contributed by atoms with Crippen LogP contribution in [0.4, 0.5) is 4.39 Å². The Kier molecular flexibility index (Phi) is 4.52. The summed E-state index contributed by atoms with van der Waals surface area (Å²) in [7, 11) is 0. The largest absolute Gasteiger partial charge is 0.481 e. The third-order valence-electron chi connectivity index (χ3n) is 3.12. The maximum Gasteiger partial charge on any atom is 0.306 e. The average molecular weight is 295 g/mol. The van der Waals surface area contributed by atoms with E-state index in [0.717, 1.165) is 6.07 Å². The minimum Gasteiger partial charge on any atom is -0.481 e. The van der Waals surface area contributed by atoms with Gasteiger partial charge in [0.2, 0.25) is 0 Å². The second-order valence-electron chi connectivity index (χ2n) is 4.73. The molecule has 7 heteroatoms. The van der Waals surface area contributed by atoms with Crippen molar-refractivity contribution in [3.63, 3.8) is 0 Å². The standard InChI is InChI=1S/C14H14FNO5/c15-9-3-1-2-8(6-9)10(7-12(17)18)16-14(20)11-4-5-13(19)21-11/h1-3,6,10-11H,4-5,7H2,(H,16,20)(H,17,18)/t10?,11-/m1/s1. The maximum absolute atomic E-state index is 13.2. The maximum atomic E-state index is 13.2. The summed E-state index contributed by atoms with van der Waals surface area (Å²) in [4.78, 5) is 33.8. The van der Waals surface area contributed by atoms with Crippen LogP contribution in [0, 0.1) is 5.82 Å². The van der Waals surface area contributed by atoms with E-state index in [0.29, 0.717) is 5.56 Å². The number of hydrogen-bond donors (Lipinski definition) is 2. The molecule has 0 aliphatic carbocycles. The van der Waals surface area contributed by atoms with Crippen molar-refractivity contribution in [2.24, 2.45) is 0 Å². The molecule has 112 valence electrons. The Bertz CT molecular complexity index is 574. The second kappa shape index (κ2) is 6.34. The van der Waals surface area contributed by atoms with Crippen LogP contribution in [0.3, 0.4) is 0 Å². The third kappa shape index (κ3) is 4.01. The molecule has 2 N–H and O–H groups in total. The summed E-state index contributed by atoms with van der Waals surface area (Å²) >= 11 is 0. The fourth-order valence-corrected chi connectivity index (χ4v) is 2.12. The van der Waals surface area contributed by atoms with E-state index in [1.165, 1.54) is 18.2 Å². The van der Waals surface area contributed by atoms with E-state index in [4.69, 9.17) is 9.84 Å². The molecule has 0 bridgehead atoms. The summed E-state index contributed by atoms with van der Waals surface area (Å²) in [6.45, 7) is 0. The molecule has 1 unspecified atom stereocenters. The molecule has 0 saturated carbocycles. The summed E-state index contributed by atoms with van der Waals surface area (Å²) in [6.07, 6.45) is -0.896. The highest BCUT2D eigenvalue weighted by Crippen LogP contribution is 2.20. The van der Waals surface area contributed by atoms with Crippen molar-refractivity contribution in [2.45, 2.75) is 31.4 Å². The van der Waals surface area contributed by atoms with Crippen LogP contribution in [0.2, 0.25) is 0 Å². The van der Waals surface area contributed by atoms with Crippen molar-refractivity contribution in [3.05, 3.63) is 35.6 Å². The summed E-state index contributed by atoms with van der Waals surface area (Å²) in [5, 5.41) is 11.4. The predicted molar refractivity (Wildman–Crippen MR) is 68.7 cm³/mol. The van der Waals surface area contributed by atoms with Crippen molar-refractivity contribution in [3.8, 4) is 0 Å². The Labute approximate surface area is 119 Å². The van der Waals surface area contributed by atoms with Crippen LogP contribution >= 0.6 is 0 Å². The summed E-state index contributed by atoms with van der Waals surface area (Å²) < 4.78 is 18.0. The van der Waals surface area contributed by atoms with Crippen LogP contribution < -0.4 is 5.32 Å². The molecule has 0 spiro atoms. The molecule has 0 aromatic heterocycles. The quantitative estimate of drug-likeness (QED) is 0.795. The number of nitrogens with one attached hydrogen (secondary N) is 1. The molecule has 1 amide bonds. The molecule has 1 heterocycles. The Hall–Kier alpha value is -2.44. The molecule has 1 aromatic carbocycles. The predicted octanol–water partition coefficient (Wildman–Crippen LogP) is 1.16. The molecule has 0 radical (unpaired) electrons. The van der Waals surface area contributed by atoms with E-state index in [9.17, 15) is 18.8 Å². The number of amides is 1. The molecular formula is C14H14FNO5. The van der Waals surface area contributed by atoms with Gasteiger partial charge in [0, 0.05) is 12.8 Å². The van der Waals surface area contributed by atoms with Crippen molar-refractivity contribution in [1.29, 1.82) is 0 Å². The van der Waals surface area contributed by atoms with Gasteiger partial charge in [0.05, 0.1) is 12.5 Å². The van der Waals surface area contributed by atoms with Gasteiger partial charge in [-0.1, -0.05) is 12.1 Å². The van der Waals surface area contributed by atoms with Gasteiger partial charge in [-0.3, -0.25) is 14.4 Å². The van der Waals surface area contributed by atoms with Gasteiger partial charge in [0.15, 0.2) is 6.10 Å². The SMILES string of the molecule is O=C(O)CC(NC(=O)[C@H]1CCC(=O)O1)c1cccc(F)c1. The lowest BCUT2D eigenvalue weighted by Crippen LogP contribution is -2.38. The highest BCUT2D eigenvalue weighted by Gasteiger charge is 2.31. The van der Waals surface area contributed by atoms with Gasteiger partial charge in [0.1, 0.15) is 5.82 Å².